The van der Waals surface area contributed by atoms with Crippen LogP contribution in [0, 0.1) is 6.92 Å². The molecule has 2 aromatic carbocycles. The van der Waals surface area contributed by atoms with E-state index in [-0.39, 0.29) is 6.04 Å². The number of carbonyl (C=O) groups excluding carboxylic acids is 2. The summed E-state index contributed by atoms with van der Waals surface area (Å²) < 4.78 is 2.14. The van der Waals surface area contributed by atoms with Crippen molar-refractivity contribution in [3.05, 3.63) is 65.9 Å². The molecule has 31 heavy (non-hydrogen) atoms. The van der Waals surface area contributed by atoms with Crippen LogP contribution in [-0.2, 0) is 22.7 Å². The maximum Gasteiger partial charge on any atom is 0.313 e. The Kier molecular flexibility index (Phi) is 6.37. The maximum absolute atomic E-state index is 12.4. The first-order valence-corrected chi connectivity index (χ1v) is 11.0. The number of anilines is 1. The average molecular weight is 419 g/mol. The van der Waals surface area contributed by atoms with E-state index in [0.29, 0.717) is 5.69 Å². The first-order chi connectivity index (χ1) is 15.0. The van der Waals surface area contributed by atoms with Gasteiger partial charge in [-0.2, -0.15) is 0 Å². The number of rotatable bonds is 5. The number of aromatic nitrogens is 1. The lowest BCUT2D eigenvalue weighted by Gasteiger charge is -2.32. The van der Waals surface area contributed by atoms with Gasteiger partial charge in [0.2, 0.25) is 0 Å². The summed E-state index contributed by atoms with van der Waals surface area (Å²) in [6.07, 6.45) is 3.72. The molecular weight excluding hydrogens is 388 g/mol. The van der Waals surface area contributed by atoms with Gasteiger partial charge in [0.15, 0.2) is 0 Å². The monoisotopic (exact) mass is 418 g/mol. The van der Waals surface area contributed by atoms with Gasteiger partial charge in [0.1, 0.15) is 0 Å². The highest BCUT2D eigenvalue weighted by Gasteiger charge is 2.23. The Morgan fingerprint density at radius 2 is 1.81 bits per heavy atom. The van der Waals surface area contributed by atoms with Crippen LogP contribution < -0.4 is 10.6 Å². The summed E-state index contributed by atoms with van der Waals surface area (Å²) in [4.78, 5) is 27.2. The number of hydrogen-bond acceptors (Lipinski definition) is 3. The Balaban J connectivity index is 1.27. The van der Waals surface area contributed by atoms with Crippen molar-refractivity contribution in [2.24, 2.45) is 0 Å². The fraction of sp³-hybridized carbons (Fsp3) is 0.360. The lowest BCUT2D eigenvalue weighted by Crippen LogP contribution is -2.47. The molecule has 0 spiro atoms. The number of piperidine rings is 1. The number of benzene rings is 2. The second-order valence-electron chi connectivity index (χ2n) is 8.28. The third-order valence-electron chi connectivity index (χ3n) is 6.15. The maximum atomic E-state index is 12.4. The molecule has 0 unspecified atom stereocenters. The number of amides is 2. The Morgan fingerprint density at radius 3 is 2.55 bits per heavy atom. The van der Waals surface area contributed by atoms with E-state index in [1.54, 1.807) is 0 Å². The van der Waals surface area contributed by atoms with E-state index >= 15 is 0 Å². The highest BCUT2D eigenvalue weighted by molar-refractivity contribution is 6.39. The molecule has 0 radical (unpaired) electrons. The zero-order valence-electron chi connectivity index (χ0n) is 18.2. The Labute approximate surface area is 183 Å². The van der Waals surface area contributed by atoms with Crippen molar-refractivity contribution in [1.82, 2.24) is 14.8 Å². The van der Waals surface area contributed by atoms with Gasteiger partial charge in [0.25, 0.3) is 0 Å². The van der Waals surface area contributed by atoms with E-state index in [1.807, 2.05) is 30.5 Å². The van der Waals surface area contributed by atoms with Crippen LogP contribution >= 0.6 is 0 Å². The molecule has 1 fully saturated rings. The highest BCUT2D eigenvalue weighted by atomic mass is 16.2. The van der Waals surface area contributed by atoms with E-state index in [2.05, 4.69) is 58.2 Å². The van der Waals surface area contributed by atoms with Gasteiger partial charge in [-0.25, -0.2) is 0 Å². The van der Waals surface area contributed by atoms with Crippen molar-refractivity contribution in [2.45, 2.75) is 45.8 Å². The van der Waals surface area contributed by atoms with Crippen LogP contribution in [0.25, 0.3) is 10.9 Å². The molecule has 6 nitrogen and oxygen atoms in total. The molecule has 4 rings (SSSR count). The molecule has 1 aliphatic heterocycles. The van der Waals surface area contributed by atoms with E-state index < -0.39 is 11.8 Å². The molecule has 1 saturated heterocycles. The summed E-state index contributed by atoms with van der Waals surface area (Å²) in [5.74, 6) is -1.18. The second-order valence-corrected chi connectivity index (χ2v) is 8.28. The SMILES string of the molecule is CCn1ccc2cc(NC(=O)C(=O)NC3CCN(Cc4ccccc4C)CC3)ccc21. The Morgan fingerprint density at radius 1 is 1.03 bits per heavy atom. The smallest absolute Gasteiger partial charge is 0.313 e. The van der Waals surface area contributed by atoms with E-state index in [4.69, 9.17) is 0 Å². The first-order valence-electron chi connectivity index (χ1n) is 11.0. The molecule has 0 bridgehead atoms. The number of aryl methyl sites for hydroxylation is 2. The number of carbonyl (C=O) groups is 2. The van der Waals surface area contributed by atoms with Crippen LogP contribution in [-0.4, -0.2) is 40.4 Å². The third-order valence-corrected chi connectivity index (χ3v) is 6.15. The molecule has 0 saturated carbocycles. The van der Waals surface area contributed by atoms with Crippen LogP contribution in [0.4, 0.5) is 5.69 Å². The lowest BCUT2D eigenvalue weighted by atomic mass is 10.0. The van der Waals surface area contributed by atoms with Crippen LogP contribution in [0.5, 0.6) is 0 Å². The fourth-order valence-electron chi connectivity index (χ4n) is 4.26. The van der Waals surface area contributed by atoms with Crippen LogP contribution in [0.2, 0.25) is 0 Å². The van der Waals surface area contributed by atoms with Crippen molar-refractivity contribution < 1.29 is 9.59 Å². The normalized spacial score (nSPS) is 15.2. The molecule has 0 aliphatic carbocycles. The number of fused-ring (bicyclic) bond motifs is 1. The molecule has 3 aromatic rings. The number of nitrogens with zero attached hydrogens (tertiary/aromatic N) is 2. The molecule has 1 aliphatic rings. The standard InChI is InChI=1S/C25H30N4O2/c1-3-29-15-10-19-16-22(8-9-23(19)29)27-25(31)24(30)26-21-11-13-28(14-12-21)17-20-7-5-4-6-18(20)2/h4-10,15-16,21H,3,11-14,17H2,1-2H3,(H,26,30)(H,27,31). The summed E-state index contributed by atoms with van der Waals surface area (Å²) in [5, 5.41) is 6.67. The predicted molar refractivity (Wildman–Crippen MR) is 124 cm³/mol. The average Bonchev–Trinajstić information content (AvgIpc) is 3.19. The van der Waals surface area contributed by atoms with Crippen molar-refractivity contribution in [2.75, 3.05) is 18.4 Å². The van der Waals surface area contributed by atoms with Gasteiger partial charge in [-0.15, -0.1) is 0 Å². The molecule has 1 aromatic heterocycles. The summed E-state index contributed by atoms with van der Waals surface area (Å²) in [7, 11) is 0. The Bertz CT molecular complexity index is 1080. The molecule has 6 heteroatoms. The van der Waals surface area contributed by atoms with Crippen molar-refractivity contribution in [3.63, 3.8) is 0 Å². The van der Waals surface area contributed by atoms with Gasteiger partial charge < -0.3 is 15.2 Å². The van der Waals surface area contributed by atoms with Gasteiger partial charge in [-0.3, -0.25) is 14.5 Å². The van der Waals surface area contributed by atoms with Crippen LogP contribution in [0.15, 0.2) is 54.7 Å². The number of likely N-dealkylation sites (tertiary alicyclic amines) is 1. The molecule has 162 valence electrons. The van der Waals surface area contributed by atoms with Gasteiger partial charge in [-0.05, 0) is 62.1 Å². The predicted octanol–water partition coefficient (Wildman–Crippen LogP) is 3.69. The molecule has 0 atom stereocenters. The summed E-state index contributed by atoms with van der Waals surface area (Å²) in [6.45, 7) is 7.86. The number of nitrogens with one attached hydrogen (secondary N) is 2. The lowest BCUT2D eigenvalue weighted by molar-refractivity contribution is -0.136. The summed E-state index contributed by atoms with van der Waals surface area (Å²) >= 11 is 0. The highest BCUT2D eigenvalue weighted by Crippen LogP contribution is 2.21. The minimum Gasteiger partial charge on any atom is -0.348 e. The van der Waals surface area contributed by atoms with E-state index in [9.17, 15) is 9.59 Å². The van der Waals surface area contributed by atoms with Gasteiger partial charge >= 0.3 is 11.8 Å². The fourth-order valence-corrected chi connectivity index (χ4v) is 4.26. The molecule has 2 amide bonds. The van der Waals surface area contributed by atoms with Crippen LogP contribution in [0.1, 0.15) is 30.9 Å². The topological polar surface area (TPSA) is 66.4 Å². The van der Waals surface area contributed by atoms with Gasteiger partial charge in [-0.1, -0.05) is 24.3 Å². The van der Waals surface area contributed by atoms with Crippen molar-refractivity contribution in [3.8, 4) is 0 Å². The second kappa shape index (κ2) is 9.35. The zero-order valence-corrected chi connectivity index (χ0v) is 18.2. The van der Waals surface area contributed by atoms with Gasteiger partial charge in [0, 0.05) is 55.0 Å². The Hall–Kier alpha value is -3.12. The van der Waals surface area contributed by atoms with E-state index in [0.717, 1.165) is 49.9 Å². The summed E-state index contributed by atoms with van der Waals surface area (Å²) in [6, 6.07) is 16.2. The molecular formula is C25H30N4O2. The molecule has 2 N–H and O–H groups in total. The third kappa shape index (κ3) is 4.97. The molecule has 2 heterocycles. The minimum absolute atomic E-state index is 0.0347. The van der Waals surface area contributed by atoms with Crippen molar-refractivity contribution >= 4 is 28.4 Å². The summed E-state index contributed by atoms with van der Waals surface area (Å²) in [5.41, 5.74) is 4.40. The van der Waals surface area contributed by atoms with Crippen LogP contribution in [0.3, 0.4) is 0 Å². The largest absolute Gasteiger partial charge is 0.348 e. The minimum atomic E-state index is -0.614. The first kappa shape index (κ1) is 21.1. The number of hydrogen-bond donors (Lipinski definition) is 2. The quantitative estimate of drug-likeness (QED) is 0.621. The van der Waals surface area contributed by atoms with Crippen molar-refractivity contribution in [1.29, 1.82) is 0 Å². The van der Waals surface area contributed by atoms with Gasteiger partial charge in [0.05, 0.1) is 0 Å². The zero-order chi connectivity index (χ0) is 21.8. The van der Waals surface area contributed by atoms with E-state index in [1.165, 1.54) is 11.1 Å².